The molecule has 0 aromatic carbocycles. The second-order valence-corrected chi connectivity index (χ2v) is 7.39. The average molecular weight is 447 g/mol. The van der Waals surface area contributed by atoms with E-state index in [1.807, 2.05) is 13.1 Å². The highest BCUT2D eigenvalue weighted by molar-refractivity contribution is 14.0. The largest absolute Gasteiger partial charge is 0.356 e. The Morgan fingerprint density at radius 2 is 2.10 bits per heavy atom. The van der Waals surface area contributed by atoms with Gasteiger partial charge in [-0.05, 0) is 13.3 Å². The molecule has 0 amide bonds. The minimum atomic E-state index is -3.10. The highest BCUT2D eigenvalue weighted by Crippen LogP contribution is 2.10. The number of sulfonamides is 1. The van der Waals surface area contributed by atoms with Gasteiger partial charge in [0, 0.05) is 31.2 Å². The molecule has 0 aliphatic carbocycles. The van der Waals surface area contributed by atoms with Crippen LogP contribution in [0.1, 0.15) is 16.3 Å². The van der Waals surface area contributed by atoms with E-state index in [-0.39, 0.29) is 24.0 Å². The summed E-state index contributed by atoms with van der Waals surface area (Å²) in [6.45, 7) is 3.69. The van der Waals surface area contributed by atoms with Gasteiger partial charge in [0.25, 0.3) is 0 Å². The zero-order valence-electron chi connectivity index (χ0n) is 12.3. The molecule has 7 nitrogen and oxygen atoms in total. The van der Waals surface area contributed by atoms with Crippen LogP contribution < -0.4 is 15.4 Å². The highest BCUT2D eigenvalue weighted by atomic mass is 127. The van der Waals surface area contributed by atoms with Crippen LogP contribution in [0.2, 0.25) is 0 Å². The summed E-state index contributed by atoms with van der Waals surface area (Å²) in [5.74, 6) is 0.678. The second-order valence-electron chi connectivity index (χ2n) is 4.24. The molecular formula is C11H22IN5O2S2. The van der Waals surface area contributed by atoms with Crippen LogP contribution in [0.25, 0.3) is 0 Å². The Labute approximate surface area is 147 Å². The molecule has 0 saturated heterocycles. The lowest BCUT2D eigenvalue weighted by molar-refractivity contribution is 0.584. The van der Waals surface area contributed by atoms with Gasteiger partial charge < -0.3 is 10.6 Å². The van der Waals surface area contributed by atoms with E-state index in [9.17, 15) is 8.42 Å². The normalized spacial score (nSPS) is 11.9. The first-order valence-corrected chi connectivity index (χ1v) is 8.92. The minimum absolute atomic E-state index is 0. The van der Waals surface area contributed by atoms with Crippen molar-refractivity contribution in [1.29, 1.82) is 0 Å². The number of aromatic nitrogens is 1. The number of halogens is 1. The van der Waals surface area contributed by atoms with E-state index in [1.54, 1.807) is 18.4 Å². The summed E-state index contributed by atoms with van der Waals surface area (Å²) in [6, 6.07) is 0. The predicted octanol–water partition coefficient (Wildman–Crippen LogP) is 0.674. The Morgan fingerprint density at radius 1 is 1.38 bits per heavy atom. The standard InChI is InChI=1S/C11H21N5O2S2.HI/c1-9-7-14-10(19-9)8-15-11(12-2)13-5-4-6-16-20(3,17)18;/h7,16H,4-6,8H2,1-3H3,(H2,12,13,15);1H. The third kappa shape index (κ3) is 9.98. The van der Waals surface area contributed by atoms with Crippen LogP contribution >= 0.6 is 35.3 Å². The fraction of sp³-hybridized carbons (Fsp3) is 0.636. The molecule has 1 heterocycles. The number of nitrogens with zero attached hydrogens (tertiary/aromatic N) is 2. The average Bonchev–Trinajstić information content (AvgIpc) is 2.77. The Morgan fingerprint density at radius 3 is 2.62 bits per heavy atom. The zero-order valence-corrected chi connectivity index (χ0v) is 16.3. The van der Waals surface area contributed by atoms with Gasteiger partial charge in [-0.1, -0.05) is 0 Å². The van der Waals surface area contributed by atoms with Gasteiger partial charge in [0.15, 0.2) is 5.96 Å². The maximum absolute atomic E-state index is 10.9. The number of hydrogen-bond donors (Lipinski definition) is 3. The number of hydrogen-bond acceptors (Lipinski definition) is 5. The summed E-state index contributed by atoms with van der Waals surface area (Å²) in [4.78, 5) is 9.52. The van der Waals surface area contributed by atoms with Gasteiger partial charge in [0.2, 0.25) is 10.0 Å². The summed E-state index contributed by atoms with van der Waals surface area (Å²) >= 11 is 1.64. The van der Waals surface area contributed by atoms with Gasteiger partial charge in [0.1, 0.15) is 5.01 Å². The van der Waals surface area contributed by atoms with Crippen LogP contribution in [-0.2, 0) is 16.6 Å². The van der Waals surface area contributed by atoms with Crippen molar-refractivity contribution >= 4 is 51.3 Å². The van der Waals surface area contributed by atoms with Crippen LogP contribution in [0, 0.1) is 6.92 Å². The number of aryl methyl sites for hydroxylation is 1. The van der Waals surface area contributed by atoms with Gasteiger partial charge in [0.05, 0.1) is 12.8 Å². The topological polar surface area (TPSA) is 95.5 Å². The third-order valence-corrected chi connectivity index (χ3v) is 3.95. The van der Waals surface area contributed by atoms with E-state index in [2.05, 4.69) is 25.3 Å². The molecule has 1 rings (SSSR count). The molecule has 1 aromatic rings. The maximum Gasteiger partial charge on any atom is 0.208 e. The van der Waals surface area contributed by atoms with E-state index in [0.29, 0.717) is 32.0 Å². The van der Waals surface area contributed by atoms with Gasteiger partial charge in [-0.15, -0.1) is 35.3 Å². The molecule has 10 heteroatoms. The molecule has 1 aromatic heterocycles. The lowest BCUT2D eigenvalue weighted by Crippen LogP contribution is -2.38. The van der Waals surface area contributed by atoms with Crippen molar-refractivity contribution in [3.8, 4) is 0 Å². The van der Waals surface area contributed by atoms with Crippen LogP contribution in [0.3, 0.4) is 0 Å². The number of nitrogens with one attached hydrogen (secondary N) is 3. The quantitative estimate of drug-likeness (QED) is 0.247. The van der Waals surface area contributed by atoms with Crippen molar-refractivity contribution in [2.75, 3.05) is 26.4 Å². The number of thiazole rings is 1. The predicted molar refractivity (Wildman–Crippen MR) is 97.9 cm³/mol. The monoisotopic (exact) mass is 447 g/mol. The van der Waals surface area contributed by atoms with E-state index >= 15 is 0 Å². The molecule has 21 heavy (non-hydrogen) atoms. The molecule has 0 spiro atoms. The molecule has 0 bridgehead atoms. The van der Waals surface area contributed by atoms with Crippen molar-refractivity contribution < 1.29 is 8.42 Å². The Kier molecular flexibility index (Phi) is 10.1. The molecule has 0 radical (unpaired) electrons. The van der Waals surface area contributed by atoms with Crippen LogP contribution in [0.4, 0.5) is 0 Å². The van der Waals surface area contributed by atoms with Gasteiger partial charge in [-0.2, -0.15) is 0 Å². The molecule has 0 atom stereocenters. The molecule has 0 aliphatic rings. The molecule has 122 valence electrons. The molecule has 0 saturated carbocycles. The summed E-state index contributed by atoms with van der Waals surface area (Å²) < 4.78 is 24.2. The Hall–Kier alpha value is -0.460. The first-order chi connectivity index (χ1) is 9.40. The van der Waals surface area contributed by atoms with E-state index in [1.165, 1.54) is 4.88 Å². The molecule has 3 N–H and O–H groups in total. The SMILES string of the molecule is CN=C(NCCCNS(C)(=O)=O)NCc1ncc(C)s1.I. The third-order valence-electron chi connectivity index (χ3n) is 2.31. The fourth-order valence-corrected chi connectivity index (χ4v) is 2.66. The maximum atomic E-state index is 10.9. The van der Waals surface area contributed by atoms with E-state index < -0.39 is 10.0 Å². The summed E-state index contributed by atoms with van der Waals surface area (Å²) in [7, 11) is -1.41. The molecular weight excluding hydrogens is 425 g/mol. The Balaban J connectivity index is 0.00000400. The van der Waals surface area contributed by atoms with Gasteiger partial charge >= 0.3 is 0 Å². The van der Waals surface area contributed by atoms with Crippen molar-refractivity contribution in [2.24, 2.45) is 4.99 Å². The molecule has 0 fully saturated rings. The molecule has 0 unspecified atom stereocenters. The van der Waals surface area contributed by atoms with Crippen LogP contribution in [0.15, 0.2) is 11.2 Å². The van der Waals surface area contributed by atoms with Crippen molar-refractivity contribution in [3.63, 3.8) is 0 Å². The van der Waals surface area contributed by atoms with Crippen molar-refractivity contribution in [3.05, 3.63) is 16.1 Å². The zero-order chi connectivity index (χ0) is 15.0. The summed E-state index contributed by atoms with van der Waals surface area (Å²) in [6.07, 6.45) is 3.68. The number of guanidine groups is 1. The van der Waals surface area contributed by atoms with Crippen LogP contribution in [-0.4, -0.2) is 45.8 Å². The fourth-order valence-electron chi connectivity index (χ4n) is 1.42. The molecule has 0 aliphatic heterocycles. The van der Waals surface area contributed by atoms with E-state index in [0.717, 1.165) is 11.3 Å². The van der Waals surface area contributed by atoms with Gasteiger partial charge in [-0.25, -0.2) is 18.1 Å². The first kappa shape index (κ1) is 20.5. The van der Waals surface area contributed by atoms with Crippen molar-refractivity contribution in [1.82, 2.24) is 20.3 Å². The summed E-state index contributed by atoms with van der Waals surface area (Å²) in [5, 5.41) is 7.27. The lowest BCUT2D eigenvalue weighted by atomic mass is 10.4. The van der Waals surface area contributed by atoms with Crippen LogP contribution in [0.5, 0.6) is 0 Å². The van der Waals surface area contributed by atoms with Crippen molar-refractivity contribution in [2.45, 2.75) is 19.9 Å². The highest BCUT2D eigenvalue weighted by Gasteiger charge is 2.02. The van der Waals surface area contributed by atoms with Gasteiger partial charge in [-0.3, -0.25) is 4.99 Å². The number of aliphatic imine (C=N–C) groups is 1. The first-order valence-electron chi connectivity index (χ1n) is 6.21. The second kappa shape index (κ2) is 10.3. The Bertz CT molecular complexity index is 545. The van der Waals surface area contributed by atoms with E-state index in [4.69, 9.17) is 0 Å². The minimum Gasteiger partial charge on any atom is -0.356 e. The number of rotatable bonds is 7. The smallest absolute Gasteiger partial charge is 0.208 e. The summed E-state index contributed by atoms with van der Waals surface area (Å²) in [5.41, 5.74) is 0. The lowest BCUT2D eigenvalue weighted by Gasteiger charge is -2.10.